The molecule has 12 heavy (non-hydrogen) atoms. The summed E-state index contributed by atoms with van der Waals surface area (Å²) in [4.78, 5) is 0. The summed E-state index contributed by atoms with van der Waals surface area (Å²) >= 11 is 0. The number of nitrogens with one attached hydrogen (secondary N) is 1. The summed E-state index contributed by atoms with van der Waals surface area (Å²) in [5, 5.41) is 3.30. The van der Waals surface area contributed by atoms with E-state index in [-0.39, 0.29) is 0 Å². The Morgan fingerprint density at radius 3 is 2.08 bits per heavy atom. The molecule has 0 bridgehead atoms. The van der Waals surface area contributed by atoms with Crippen molar-refractivity contribution >= 4 is 0 Å². The van der Waals surface area contributed by atoms with Gasteiger partial charge in [0.05, 0.1) is 0 Å². The normalized spacial score (nSPS) is 27.7. The molecule has 2 fully saturated rings. The van der Waals surface area contributed by atoms with E-state index in [0.717, 1.165) is 11.8 Å². The zero-order valence-electron chi connectivity index (χ0n) is 7.76. The van der Waals surface area contributed by atoms with Crippen LogP contribution in [0.1, 0.15) is 32.1 Å². The van der Waals surface area contributed by atoms with Crippen LogP contribution in [0, 0.1) is 11.8 Å². The standard InChI is InChI=1S/C11H19N/c1-2-4-10(5-3-1)6-7-11-8-12-9-11/h6-7,10-12H,1-5,8-9H2/b7-6+. The number of hydrogen-bond acceptors (Lipinski definition) is 1. The van der Waals surface area contributed by atoms with Crippen LogP contribution in [-0.4, -0.2) is 13.1 Å². The first-order valence-corrected chi connectivity index (χ1v) is 5.34. The monoisotopic (exact) mass is 165 g/mol. The largest absolute Gasteiger partial charge is 0.315 e. The van der Waals surface area contributed by atoms with E-state index in [1.165, 1.54) is 45.2 Å². The highest BCUT2D eigenvalue weighted by Crippen LogP contribution is 2.25. The number of allylic oxidation sites excluding steroid dienone is 1. The van der Waals surface area contributed by atoms with Crippen molar-refractivity contribution < 1.29 is 0 Å². The first kappa shape index (κ1) is 8.31. The van der Waals surface area contributed by atoms with Crippen molar-refractivity contribution in [1.29, 1.82) is 0 Å². The van der Waals surface area contributed by atoms with Crippen molar-refractivity contribution in [3.63, 3.8) is 0 Å². The maximum atomic E-state index is 3.30. The van der Waals surface area contributed by atoms with Gasteiger partial charge in [-0.2, -0.15) is 0 Å². The number of rotatable bonds is 2. The fourth-order valence-corrected chi connectivity index (χ4v) is 2.09. The van der Waals surface area contributed by atoms with Gasteiger partial charge in [-0.1, -0.05) is 31.4 Å². The highest BCUT2D eigenvalue weighted by atomic mass is 14.9. The van der Waals surface area contributed by atoms with E-state index < -0.39 is 0 Å². The molecular formula is C11H19N. The molecular weight excluding hydrogens is 146 g/mol. The summed E-state index contributed by atoms with van der Waals surface area (Å²) in [6.45, 7) is 2.42. The second-order valence-electron chi connectivity index (χ2n) is 4.20. The maximum Gasteiger partial charge on any atom is 0.00266 e. The average molecular weight is 165 g/mol. The fourth-order valence-electron chi connectivity index (χ4n) is 2.09. The van der Waals surface area contributed by atoms with Crippen molar-refractivity contribution in [2.24, 2.45) is 11.8 Å². The molecule has 1 saturated heterocycles. The summed E-state index contributed by atoms with van der Waals surface area (Å²) < 4.78 is 0. The quantitative estimate of drug-likeness (QED) is 0.619. The lowest BCUT2D eigenvalue weighted by atomic mass is 9.88. The molecule has 0 aromatic rings. The van der Waals surface area contributed by atoms with Crippen LogP contribution in [0.3, 0.4) is 0 Å². The SMILES string of the molecule is C(=C\C1CNC1)/C1CCCCC1. The molecule has 1 saturated carbocycles. The highest BCUT2D eigenvalue weighted by Gasteiger charge is 2.14. The van der Waals surface area contributed by atoms with Crippen LogP contribution in [0.2, 0.25) is 0 Å². The van der Waals surface area contributed by atoms with E-state index in [0.29, 0.717) is 0 Å². The van der Waals surface area contributed by atoms with Crippen LogP contribution in [0.4, 0.5) is 0 Å². The highest BCUT2D eigenvalue weighted by molar-refractivity contribution is 4.98. The third-order valence-corrected chi connectivity index (χ3v) is 3.12. The van der Waals surface area contributed by atoms with Gasteiger partial charge < -0.3 is 5.32 Å². The van der Waals surface area contributed by atoms with Crippen LogP contribution in [0.25, 0.3) is 0 Å². The van der Waals surface area contributed by atoms with Crippen molar-refractivity contribution in [1.82, 2.24) is 5.32 Å². The van der Waals surface area contributed by atoms with E-state index in [1.807, 2.05) is 0 Å². The van der Waals surface area contributed by atoms with Crippen LogP contribution >= 0.6 is 0 Å². The molecule has 1 aliphatic carbocycles. The molecule has 0 aromatic carbocycles. The second kappa shape index (κ2) is 4.08. The third-order valence-electron chi connectivity index (χ3n) is 3.12. The molecule has 2 aliphatic rings. The van der Waals surface area contributed by atoms with Crippen LogP contribution in [0.15, 0.2) is 12.2 Å². The molecule has 68 valence electrons. The molecule has 0 spiro atoms. The van der Waals surface area contributed by atoms with Crippen LogP contribution in [-0.2, 0) is 0 Å². The summed E-state index contributed by atoms with van der Waals surface area (Å²) in [5.74, 6) is 1.77. The van der Waals surface area contributed by atoms with Gasteiger partial charge in [-0.15, -0.1) is 0 Å². The van der Waals surface area contributed by atoms with Crippen molar-refractivity contribution in [2.75, 3.05) is 13.1 Å². The Bertz CT molecular complexity index is 152. The van der Waals surface area contributed by atoms with Gasteiger partial charge in [-0.3, -0.25) is 0 Å². The third kappa shape index (κ3) is 2.10. The Morgan fingerprint density at radius 1 is 0.833 bits per heavy atom. The predicted molar refractivity (Wildman–Crippen MR) is 52.1 cm³/mol. The van der Waals surface area contributed by atoms with E-state index in [9.17, 15) is 0 Å². The van der Waals surface area contributed by atoms with Gasteiger partial charge in [0.15, 0.2) is 0 Å². The summed E-state index contributed by atoms with van der Waals surface area (Å²) in [6, 6.07) is 0. The van der Waals surface area contributed by atoms with Crippen molar-refractivity contribution in [3.05, 3.63) is 12.2 Å². The van der Waals surface area contributed by atoms with Gasteiger partial charge in [0.1, 0.15) is 0 Å². The van der Waals surface area contributed by atoms with Crippen LogP contribution in [0.5, 0.6) is 0 Å². The molecule has 0 unspecified atom stereocenters. The van der Waals surface area contributed by atoms with Crippen LogP contribution < -0.4 is 5.32 Å². The van der Waals surface area contributed by atoms with Gasteiger partial charge in [-0.25, -0.2) is 0 Å². The first-order chi connectivity index (χ1) is 5.95. The topological polar surface area (TPSA) is 12.0 Å². The Kier molecular flexibility index (Phi) is 2.83. The van der Waals surface area contributed by atoms with Gasteiger partial charge in [0.2, 0.25) is 0 Å². The molecule has 1 N–H and O–H groups in total. The van der Waals surface area contributed by atoms with Crippen molar-refractivity contribution in [2.45, 2.75) is 32.1 Å². The number of hydrogen-bond donors (Lipinski definition) is 1. The van der Waals surface area contributed by atoms with Gasteiger partial charge in [0.25, 0.3) is 0 Å². The molecule has 1 heterocycles. The summed E-state index contributed by atoms with van der Waals surface area (Å²) in [5.41, 5.74) is 0. The molecule has 0 aromatic heterocycles. The Labute approximate surface area is 75.2 Å². The maximum absolute atomic E-state index is 3.30. The molecule has 0 amide bonds. The van der Waals surface area contributed by atoms with Gasteiger partial charge in [0, 0.05) is 19.0 Å². The lowest BCUT2D eigenvalue weighted by molar-refractivity contribution is 0.399. The van der Waals surface area contributed by atoms with E-state index in [4.69, 9.17) is 0 Å². The molecule has 1 aliphatic heterocycles. The zero-order valence-corrected chi connectivity index (χ0v) is 7.76. The fraction of sp³-hybridized carbons (Fsp3) is 0.818. The lowest BCUT2D eigenvalue weighted by Gasteiger charge is -2.25. The Balaban J connectivity index is 1.72. The average Bonchev–Trinajstić information content (AvgIpc) is 2.04. The minimum atomic E-state index is 0.854. The Morgan fingerprint density at radius 2 is 1.50 bits per heavy atom. The summed E-state index contributed by atoms with van der Waals surface area (Å²) in [6.07, 6.45) is 12.2. The van der Waals surface area contributed by atoms with Crippen molar-refractivity contribution in [3.8, 4) is 0 Å². The Hall–Kier alpha value is -0.300. The predicted octanol–water partition coefficient (Wildman–Crippen LogP) is 2.34. The lowest BCUT2D eigenvalue weighted by Crippen LogP contribution is -2.40. The van der Waals surface area contributed by atoms with E-state index in [2.05, 4.69) is 17.5 Å². The second-order valence-corrected chi connectivity index (χ2v) is 4.20. The van der Waals surface area contributed by atoms with Gasteiger partial charge in [-0.05, 0) is 18.8 Å². The molecule has 0 atom stereocenters. The molecule has 0 radical (unpaired) electrons. The van der Waals surface area contributed by atoms with Gasteiger partial charge >= 0.3 is 0 Å². The summed E-state index contributed by atoms with van der Waals surface area (Å²) in [7, 11) is 0. The molecule has 2 rings (SSSR count). The minimum absolute atomic E-state index is 0.854. The molecule has 1 heteroatoms. The zero-order chi connectivity index (χ0) is 8.23. The van der Waals surface area contributed by atoms with E-state index in [1.54, 1.807) is 0 Å². The first-order valence-electron chi connectivity index (χ1n) is 5.34. The molecule has 1 nitrogen and oxygen atoms in total. The van der Waals surface area contributed by atoms with E-state index >= 15 is 0 Å². The minimum Gasteiger partial charge on any atom is -0.315 e. The smallest absolute Gasteiger partial charge is 0.00266 e.